The van der Waals surface area contributed by atoms with Crippen LogP contribution in [0, 0.1) is 5.82 Å². The molecule has 1 amide bonds. The Kier molecular flexibility index (Phi) is 3.57. The van der Waals surface area contributed by atoms with Crippen molar-refractivity contribution in [2.24, 2.45) is 0 Å². The number of carboxylic acid groups (broad SMARTS) is 1. The number of halogens is 1. The van der Waals surface area contributed by atoms with E-state index in [1.807, 2.05) is 0 Å². The molecule has 1 heterocycles. The molecule has 1 aromatic rings. The molecule has 2 rings (SSSR count). The first-order valence-electron chi connectivity index (χ1n) is 5.65. The highest BCUT2D eigenvalue weighted by Gasteiger charge is 2.23. The van der Waals surface area contributed by atoms with Crippen molar-refractivity contribution in [1.29, 1.82) is 0 Å². The molecule has 1 aliphatic rings. The fourth-order valence-corrected chi connectivity index (χ4v) is 1.93. The minimum atomic E-state index is -1.27. The average Bonchev–Trinajstić information content (AvgIpc) is 2.84. The van der Waals surface area contributed by atoms with Crippen LogP contribution in [0.15, 0.2) is 18.2 Å². The van der Waals surface area contributed by atoms with Crippen molar-refractivity contribution in [3.63, 3.8) is 0 Å². The van der Waals surface area contributed by atoms with E-state index in [9.17, 15) is 14.0 Å². The zero-order valence-corrected chi connectivity index (χ0v) is 9.57. The Morgan fingerprint density at radius 2 is 2.22 bits per heavy atom. The molecule has 0 aliphatic carbocycles. The highest BCUT2D eigenvalue weighted by Crippen LogP contribution is 2.18. The van der Waals surface area contributed by atoms with Gasteiger partial charge in [-0.3, -0.25) is 4.79 Å². The summed E-state index contributed by atoms with van der Waals surface area (Å²) in [6.45, 7) is 0.771. The first-order valence-corrected chi connectivity index (χ1v) is 5.65. The summed E-state index contributed by atoms with van der Waals surface area (Å²) in [5, 5.41) is 14.4. The summed E-state index contributed by atoms with van der Waals surface area (Å²) in [5.74, 6) is -2.21. The Hall–Kier alpha value is -1.95. The van der Waals surface area contributed by atoms with Crippen LogP contribution in [0.4, 0.5) is 10.1 Å². The molecule has 0 spiro atoms. The summed E-state index contributed by atoms with van der Waals surface area (Å²) in [4.78, 5) is 22.8. The third kappa shape index (κ3) is 2.65. The van der Waals surface area contributed by atoms with E-state index in [1.165, 1.54) is 6.07 Å². The van der Waals surface area contributed by atoms with Crippen molar-refractivity contribution in [3.8, 4) is 0 Å². The largest absolute Gasteiger partial charge is 0.478 e. The second-order valence-corrected chi connectivity index (χ2v) is 4.13. The van der Waals surface area contributed by atoms with Crippen LogP contribution in [0.3, 0.4) is 0 Å². The summed E-state index contributed by atoms with van der Waals surface area (Å²) in [5.41, 5.74) is -0.135. The van der Waals surface area contributed by atoms with Crippen LogP contribution in [0.1, 0.15) is 23.2 Å². The van der Waals surface area contributed by atoms with Gasteiger partial charge in [0.2, 0.25) is 5.91 Å². The maximum atomic E-state index is 13.0. The molecule has 6 heteroatoms. The Bertz CT molecular complexity index is 484. The number of hydrogen-bond acceptors (Lipinski definition) is 3. The van der Waals surface area contributed by atoms with Crippen LogP contribution in [-0.4, -0.2) is 29.6 Å². The third-order valence-electron chi connectivity index (χ3n) is 2.85. The van der Waals surface area contributed by atoms with Gasteiger partial charge in [0.1, 0.15) is 5.82 Å². The van der Waals surface area contributed by atoms with E-state index in [0.717, 1.165) is 31.5 Å². The van der Waals surface area contributed by atoms with Crippen LogP contribution in [0.5, 0.6) is 0 Å². The van der Waals surface area contributed by atoms with Gasteiger partial charge in [0.05, 0.1) is 17.3 Å². The van der Waals surface area contributed by atoms with Crippen molar-refractivity contribution in [3.05, 3.63) is 29.6 Å². The quantitative estimate of drug-likeness (QED) is 0.755. The number of amides is 1. The second-order valence-electron chi connectivity index (χ2n) is 4.13. The Morgan fingerprint density at radius 3 is 2.83 bits per heavy atom. The van der Waals surface area contributed by atoms with Crippen molar-refractivity contribution < 1.29 is 19.1 Å². The van der Waals surface area contributed by atoms with Gasteiger partial charge in [-0.05, 0) is 37.6 Å². The van der Waals surface area contributed by atoms with Gasteiger partial charge in [0, 0.05) is 0 Å². The molecule has 0 radical (unpaired) electrons. The maximum Gasteiger partial charge on any atom is 0.337 e. The predicted molar refractivity (Wildman–Crippen MR) is 63.0 cm³/mol. The Morgan fingerprint density at radius 1 is 1.44 bits per heavy atom. The van der Waals surface area contributed by atoms with Gasteiger partial charge >= 0.3 is 5.97 Å². The number of anilines is 1. The van der Waals surface area contributed by atoms with Crippen LogP contribution in [-0.2, 0) is 4.79 Å². The van der Waals surface area contributed by atoms with E-state index in [1.54, 1.807) is 0 Å². The molecule has 1 aliphatic heterocycles. The van der Waals surface area contributed by atoms with Crippen LogP contribution < -0.4 is 10.6 Å². The maximum absolute atomic E-state index is 13.0. The Labute approximate surface area is 103 Å². The number of benzene rings is 1. The first kappa shape index (κ1) is 12.5. The lowest BCUT2D eigenvalue weighted by Crippen LogP contribution is -2.35. The minimum Gasteiger partial charge on any atom is -0.478 e. The van der Waals surface area contributed by atoms with Crippen molar-refractivity contribution >= 4 is 17.6 Å². The molecule has 0 bridgehead atoms. The lowest BCUT2D eigenvalue weighted by atomic mass is 10.1. The van der Waals surface area contributed by atoms with Gasteiger partial charge < -0.3 is 15.7 Å². The fraction of sp³-hybridized carbons (Fsp3) is 0.333. The molecule has 96 valence electrons. The fourth-order valence-electron chi connectivity index (χ4n) is 1.93. The minimum absolute atomic E-state index is 0.114. The number of hydrogen-bond donors (Lipinski definition) is 3. The lowest BCUT2D eigenvalue weighted by molar-refractivity contribution is -0.117. The molecule has 18 heavy (non-hydrogen) atoms. The van der Waals surface area contributed by atoms with Gasteiger partial charge in [-0.2, -0.15) is 0 Å². The van der Waals surface area contributed by atoms with Crippen LogP contribution in [0.2, 0.25) is 0 Å². The van der Waals surface area contributed by atoms with Crippen LogP contribution >= 0.6 is 0 Å². The van der Waals surface area contributed by atoms with Gasteiger partial charge in [0.25, 0.3) is 0 Å². The van der Waals surface area contributed by atoms with E-state index in [-0.39, 0.29) is 23.2 Å². The molecular weight excluding hydrogens is 239 g/mol. The molecule has 5 nitrogen and oxygen atoms in total. The summed E-state index contributed by atoms with van der Waals surface area (Å²) in [6.07, 6.45) is 1.63. The van der Waals surface area contributed by atoms with Crippen molar-refractivity contribution in [1.82, 2.24) is 5.32 Å². The summed E-state index contributed by atoms with van der Waals surface area (Å²) < 4.78 is 13.0. The van der Waals surface area contributed by atoms with E-state index in [2.05, 4.69) is 10.6 Å². The molecular formula is C12H13FN2O3. The molecule has 0 aromatic heterocycles. The van der Waals surface area contributed by atoms with Gasteiger partial charge in [-0.1, -0.05) is 0 Å². The van der Waals surface area contributed by atoms with E-state index < -0.39 is 11.8 Å². The van der Waals surface area contributed by atoms with Crippen molar-refractivity contribution in [2.45, 2.75) is 18.9 Å². The van der Waals surface area contributed by atoms with Gasteiger partial charge in [0.15, 0.2) is 0 Å². The molecule has 0 unspecified atom stereocenters. The lowest BCUT2D eigenvalue weighted by Gasteiger charge is -2.12. The molecule has 1 aromatic carbocycles. The van der Waals surface area contributed by atoms with E-state index >= 15 is 0 Å². The summed E-state index contributed by atoms with van der Waals surface area (Å²) in [6, 6.07) is 2.95. The topological polar surface area (TPSA) is 78.4 Å². The van der Waals surface area contributed by atoms with Crippen LogP contribution in [0.25, 0.3) is 0 Å². The second kappa shape index (κ2) is 5.14. The normalized spacial score (nSPS) is 18.6. The number of rotatable bonds is 3. The highest BCUT2D eigenvalue weighted by atomic mass is 19.1. The number of carbonyl (C=O) groups is 2. The van der Waals surface area contributed by atoms with E-state index in [4.69, 9.17) is 5.11 Å². The SMILES string of the molecule is O=C(O)c1cc(F)ccc1NC(=O)[C@H]1CCCN1. The standard InChI is InChI=1S/C12H13FN2O3/c13-7-3-4-9(8(6-7)12(17)18)15-11(16)10-2-1-5-14-10/h3-4,6,10,14H,1-2,5H2,(H,15,16)(H,17,18)/t10-/m1/s1. The first-order chi connectivity index (χ1) is 8.58. The molecule has 1 saturated heterocycles. The molecule has 1 atom stereocenters. The average molecular weight is 252 g/mol. The number of aromatic carboxylic acids is 1. The van der Waals surface area contributed by atoms with E-state index in [0.29, 0.717) is 0 Å². The Balaban J connectivity index is 2.17. The highest BCUT2D eigenvalue weighted by molar-refractivity contribution is 6.02. The molecule has 1 fully saturated rings. The summed E-state index contributed by atoms with van der Waals surface area (Å²) >= 11 is 0. The number of nitrogens with one attached hydrogen (secondary N) is 2. The smallest absolute Gasteiger partial charge is 0.337 e. The monoisotopic (exact) mass is 252 g/mol. The zero-order valence-electron chi connectivity index (χ0n) is 9.57. The molecule has 0 saturated carbocycles. The van der Waals surface area contributed by atoms with Gasteiger partial charge in [-0.25, -0.2) is 9.18 Å². The zero-order chi connectivity index (χ0) is 13.1. The number of carboxylic acids is 1. The third-order valence-corrected chi connectivity index (χ3v) is 2.85. The van der Waals surface area contributed by atoms with Gasteiger partial charge in [-0.15, -0.1) is 0 Å². The van der Waals surface area contributed by atoms with Crippen molar-refractivity contribution in [2.75, 3.05) is 11.9 Å². The number of carbonyl (C=O) groups excluding carboxylic acids is 1. The molecule has 3 N–H and O–H groups in total. The summed E-state index contributed by atoms with van der Waals surface area (Å²) in [7, 11) is 0. The predicted octanol–water partition coefficient (Wildman–Crippen LogP) is 1.21.